The van der Waals surface area contributed by atoms with Gasteiger partial charge in [-0.3, -0.25) is 19.6 Å². The van der Waals surface area contributed by atoms with E-state index in [1.54, 1.807) is 12.0 Å². The third-order valence-electron chi connectivity index (χ3n) is 9.05. The minimum atomic E-state index is -0.803. The van der Waals surface area contributed by atoms with Crippen molar-refractivity contribution in [2.75, 3.05) is 53.0 Å². The molecule has 12 heteroatoms. The first-order chi connectivity index (χ1) is 23.9. The molecule has 1 N–H and O–H groups in total. The number of aliphatic imine (C=N–C) groups is 1. The summed E-state index contributed by atoms with van der Waals surface area (Å²) in [5, 5.41) is 14.1. The van der Waals surface area contributed by atoms with Crippen LogP contribution in [0.25, 0.3) is 0 Å². The van der Waals surface area contributed by atoms with E-state index in [-0.39, 0.29) is 24.5 Å². The first-order valence-electron chi connectivity index (χ1n) is 16.8. The van der Waals surface area contributed by atoms with Crippen molar-refractivity contribution in [3.63, 3.8) is 0 Å². The molecule has 1 unspecified atom stereocenters. The van der Waals surface area contributed by atoms with Gasteiger partial charge < -0.3 is 19.7 Å². The number of hydrogen-bond acceptors (Lipinski definition) is 7. The van der Waals surface area contributed by atoms with Crippen LogP contribution in [0.3, 0.4) is 0 Å². The van der Waals surface area contributed by atoms with Gasteiger partial charge >= 0.3 is 6.03 Å². The van der Waals surface area contributed by atoms with Gasteiger partial charge in [-0.1, -0.05) is 53.5 Å². The van der Waals surface area contributed by atoms with Crippen LogP contribution in [0.1, 0.15) is 62.0 Å². The number of urea groups is 1. The Kier molecular flexibility index (Phi) is 12.1. The summed E-state index contributed by atoms with van der Waals surface area (Å²) in [5.41, 5.74) is 2.33. The van der Waals surface area contributed by atoms with Crippen LogP contribution < -0.4 is 10.1 Å². The van der Waals surface area contributed by atoms with Crippen LogP contribution in [0.5, 0.6) is 5.75 Å². The molecular weight excluding hydrogens is 675 g/mol. The molecular formula is C38H44Cl2N6O4. The summed E-state index contributed by atoms with van der Waals surface area (Å²) in [5.74, 6) is 0.926. The molecule has 2 heterocycles. The van der Waals surface area contributed by atoms with Gasteiger partial charge in [-0.15, -0.1) is 0 Å². The van der Waals surface area contributed by atoms with E-state index in [2.05, 4.69) is 11.4 Å². The highest BCUT2D eigenvalue weighted by molar-refractivity contribution is 6.30. The average molecular weight is 720 g/mol. The second-order valence-electron chi connectivity index (χ2n) is 13.2. The second kappa shape index (κ2) is 16.3. The topological polar surface area (TPSA) is 110 Å². The predicted molar refractivity (Wildman–Crippen MR) is 196 cm³/mol. The van der Waals surface area contributed by atoms with E-state index < -0.39 is 17.5 Å². The van der Waals surface area contributed by atoms with Crippen molar-refractivity contribution in [3.05, 3.63) is 99.0 Å². The highest BCUT2D eigenvalue weighted by Gasteiger charge is 2.45. The fourth-order valence-corrected chi connectivity index (χ4v) is 6.61. The van der Waals surface area contributed by atoms with E-state index in [1.807, 2.05) is 104 Å². The van der Waals surface area contributed by atoms with Gasteiger partial charge in [0.1, 0.15) is 17.6 Å². The number of carbonyl (C=O) groups is 2. The van der Waals surface area contributed by atoms with Gasteiger partial charge in [0.25, 0.3) is 0 Å². The van der Waals surface area contributed by atoms with Gasteiger partial charge in [0.2, 0.25) is 5.91 Å². The zero-order valence-corrected chi connectivity index (χ0v) is 30.7. The number of rotatable bonds is 11. The molecule has 3 aromatic carbocycles. The van der Waals surface area contributed by atoms with E-state index in [9.17, 15) is 14.9 Å². The van der Waals surface area contributed by atoms with Crippen molar-refractivity contribution >= 4 is 41.0 Å². The number of piperazine rings is 1. The summed E-state index contributed by atoms with van der Waals surface area (Å²) in [6, 6.07) is 21.7. The normalized spacial score (nSPS) is 18.7. The summed E-state index contributed by atoms with van der Waals surface area (Å²) < 4.78 is 11.3. The predicted octanol–water partition coefficient (Wildman–Crippen LogP) is 6.63. The average Bonchev–Trinajstić information content (AvgIpc) is 3.49. The molecule has 0 radical (unpaired) electrons. The van der Waals surface area contributed by atoms with Crippen LogP contribution in [0.2, 0.25) is 10.0 Å². The molecule has 3 amide bonds. The molecule has 0 bridgehead atoms. The lowest BCUT2D eigenvalue weighted by Gasteiger charge is -2.39. The number of hydrogen-bond donors (Lipinski definition) is 1. The van der Waals surface area contributed by atoms with Crippen molar-refractivity contribution in [2.24, 2.45) is 4.99 Å². The van der Waals surface area contributed by atoms with Crippen molar-refractivity contribution in [1.82, 2.24) is 20.0 Å². The molecule has 0 aliphatic carbocycles. The van der Waals surface area contributed by atoms with Crippen LogP contribution >= 0.6 is 23.2 Å². The first-order valence-corrected chi connectivity index (χ1v) is 17.6. The zero-order valence-electron chi connectivity index (χ0n) is 29.2. The Hall–Kier alpha value is -4.14. The van der Waals surface area contributed by atoms with Crippen molar-refractivity contribution in [3.8, 4) is 11.8 Å². The van der Waals surface area contributed by atoms with E-state index in [0.717, 1.165) is 16.7 Å². The Morgan fingerprint density at radius 3 is 2.20 bits per heavy atom. The number of methoxy groups -OCH3 is 1. The van der Waals surface area contributed by atoms with Crippen molar-refractivity contribution < 1.29 is 19.1 Å². The second-order valence-corrected chi connectivity index (χ2v) is 14.0. The van der Waals surface area contributed by atoms with Crippen LogP contribution in [-0.4, -0.2) is 91.6 Å². The number of nitriles is 1. The molecule has 2 aliphatic heterocycles. The number of benzene rings is 3. The lowest BCUT2D eigenvalue weighted by atomic mass is 9.85. The lowest BCUT2D eigenvalue weighted by Crippen LogP contribution is -2.55. The van der Waals surface area contributed by atoms with Gasteiger partial charge in [-0.25, -0.2) is 4.79 Å². The Labute approximate surface area is 304 Å². The van der Waals surface area contributed by atoms with E-state index in [4.69, 9.17) is 37.7 Å². The Bertz CT molecular complexity index is 1730. The molecule has 264 valence electrons. The van der Waals surface area contributed by atoms with Crippen LogP contribution in [-0.2, 0) is 14.9 Å². The number of nitrogens with zero attached hydrogens (tertiary/aromatic N) is 5. The summed E-state index contributed by atoms with van der Waals surface area (Å²) in [4.78, 5) is 38.5. The molecule has 5 rings (SSSR count). The standard InChI is InChI=1S/C38H44Cl2N6O4/c1-6-50-32-16-11-28(38(3,4)24-41)21-31(32)36-43-34(26-7-12-29(39)13-8-26)35(27-9-14-30(40)15-10-27)46(36)37(48)45-19-17-44(18-20-45)22-33(47)42-25(2)23-49-5/h7-16,21,25,34-35H,6,17-20,22-23H2,1-5H3,(H,42,47)/t25?,34-,35-/m1/s1. The van der Waals surface area contributed by atoms with Gasteiger partial charge in [0.05, 0.1) is 42.8 Å². The van der Waals surface area contributed by atoms with Crippen LogP contribution in [0.4, 0.5) is 4.79 Å². The summed E-state index contributed by atoms with van der Waals surface area (Å²) >= 11 is 12.6. The molecule has 2 aliphatic rings. The Morgan fingerprint density at radius 2 is 1.62 bits per heavy atom. The number of amides is 3. The van der Waals surface area contributed by atoms with Crippen molar-refractivity contribution in [1.29, 1.82) is 5.26 Å². The molecule has 50 heavy (non-hydrogen) atoms. The van der Waals surface area contributed by atoms with Crippen molar-refractivity contribution in [2.45, 2.75) is 51.2 Å². The highest BCUT2D eigenvalue weighted by atomic mass is 35.5. The molecule has 1 saturated heterocycles. The highest BCUT2D eigenvalue weighted by Crippen LogP contribution is 2.46. The van der Waals surface area contributed by atoms with Crippen LogP contribution in [0.15, 0.2) is 71.7 Å². The molecule has 0 spiro atoms. The number of ether oxygens (including phenoxy) is 2. The maximum atomic E-state index is 14.9. The molecule has 0 saturated carbocycles. The van der Waals surface area contributed by atoms with E-state index in [0.29, 0.717) is 66.6 Å². The number of amidine groups is 1. The fraction of sp³-hybridized carbons (Fsp3) is 0.421. The zero-order chi connectivity index (χ0) is 36.0. The fourth-order valence-electron chi connectivity index (χ4n) is 6.36. The molecule has 0 aromatic heterocycles. The van der Waals surface area contributed by atoms with E-state index in [1.165, 1.54) is 0 Å². The number of nitrogens with one attached hydrogen (secondary N) is 1. The maximum absolute atomic E-state index is 14.9. The largest absolute Gasteiger partial charge is 0.493 e. The smallest absolute Gasteiger partial charge is 0.326 e. The van der Waals surface area contributed by atoms with Gasteiger partial charge in [0, 0.05) is 49.4 Å². The monoisotopic (exact) mass is 718 g/mol. The quantitative estimate of drug-likeness (QED) is 0.239. The molecule has 3 atom stereocenters. The minimum Gasteiger partial charge on any atom is -0.493 e. The molecule has 10 nitrogen and oxygen atoms in total. The summed E-state index contributed by atoms with van der Waals surface area (Å²) in [6.45, 7) is 10.5. The van der Waals surface area contributed by atoms with Crippen LogP contribution in [0, 0.1) is 11.3 Å². The van der Waals surface area contributed by atoms with Gasteiger partial charge in [0.15, 0.2) is 0 Å². The maximum Gasteiger partial charge on any atom is 0.326 e. The Morgan fingerprint density at radius 1 is 1.00 bits per heavy atom. The third kappa shape index (κ3) is 8.41. The Balaban J connectivity index is 1.56. The van der Waals surface area contributed by atoms with Gasteiger partial charge in [-0.2, -0.15) is 5.26 Å². The number of carbonyl (C=O) groups excluding carboxylic acids is 2. The summed E-state index contributed by atoms with van der Waals surface area (Å²) in [7, 11) is 1.60. The SMILES string of the molecule is CCOc1ccc(C(C)(C)C#N)cc1C1=N[C@H](c2ccc(Cl)cc2)[C@@H](c2ccc(Cl)cc2)N1C(=O)N1CCN(CC(=O)NC(C)COC)CC1. The minimum absolute atomic E-state index is 0.0828. The summed E-state index contributed by atoms with van der Waals surface area (Å²) in [6.07, 6.45) is 0. The first kappa shape index (κ1) is 37.1. The van der Waals surface area contributed by atoms with Gasteiger partial charge in [-0.05, 0) is 80.8 Å². The lowest BCUT2D eigenvalue weighted by molar-refractivity contribution is -0.123. The molecule has 1 fully saturated rings. The third-order valence-corrected chi connectivity index (χ3v) is 9.56. The molecule has 3 aromatic rings. The number of halogens is 2. The van der Waals surface area contributed by atoms with E-state index >= 15 is 0 Å².